The first-order valence-corrected chi connectivity index (χ1v) is 23.6. The second kappa shape index (κ2) is 22.7. The van der Waals surface area contributed by atoms with Gasteiger partial charge >= 0.3 is 0 Å². The van der Waals surface area contributed by atoms with Gasteiger partial charge in [0.05, 0.1) is 11.0 Å². The van der Waals surface area contributed by atoms with E-state index < -0.39 is 0 Å². The third-order valence-corrected chi connectivity index (χ3v) is 12.9. The second-order valence-corrected chi connectivity index (χ2v) is 16.7. The van der Waals surface area contributed by atoms with Crippen molar-refractivity contribution in [2.45, 2.75) is 27.7 Å². The fraction of sp³-hybridized carbons (Fsp3) is 0.0625. The van der Waals surface area contributed by atoms with Crippen molar-refractivity contribution < 1.29 is 0 Å². The highest BCUT2D eigenvalue weighted by atomic mass is 32.1. The second-order valence-electron chi connectivity index (χ2n) is 15.7. The Balaban J connectivity index is 0.000000558. The smallest absolute Gasteiger partial charge is 0.0541 e. The molecular formula is C64H57NS2. The molecule has 1 nitrogen and oxygen atoms in total. The lowest BCUT2D eigenvalue weighted by molar-refractivity contribution is 1.18. The standard InChI is InChI=1S/C54H35NS.C4H8.C4H6.C2H6.H2S/c1-4-13-36(14-5-1)38-17-10-18-39(31-38)40-19-11-20-41(32-40)43-27-30-53-50(34-43)47-24-12-23-46(54(47)56-53)44-26-29-52-49(35-44)48-33-42(37-15-6-2-7-16-37)25-28-51(48)55(52)45-21-8-3-9-22-45;2*1-3-4-2;1-2;/h1-35H;3-4H,1-2H3;3-4H,1-2H2;1-2H3;1H2/b;4-3-;;;. The van der Waals surface area contributed by atoms with Gasteiger partial charge in [0.2, 0.25) is 0 Å². The summed E-state index contributed by atoms with van der Waals surface area (Å²) in [6.07, 6.45) is 7.28. The summed E-state index contributed by atoms with van der Waals surface area (Å²) < 4.78 is 5.03. The highest BCUT2D eigenvalue weighted by Gasteiger charge is 2.17. The molecule has 9 aromatic carbocycles. The predicted octanol–water partition coefficient (Wildman–Crippen LogP) is 19.6. The first-order valence-electron chi connectivity index (χ1n) is 22.8. The molecule has 0 atom stereocenters. The maximum Gasteiger partial charge on any atom is 0.0541 e. The summed E-state index contributed by atoms with van der Waals surface area (Å²) in [6, 6.07) is 77.6. The van der Waals surface area contributed by atoms with Gasteiger partial charge in [0.15, 0.2) is 0 Å². The minimum atomic E-state index is 0. The minimum absolute atomic E-state index is 0. The Hall–Kier alpha value is -7.43. The van der Waals surface area contributed by atoms with Gasteiger partial charge in [-0.15, -0.1) is 11.3 Å². The largest absolute Gasteiger partial charge is 0.309 e. The SMILES string of the molecule is C/C=C\C.C=CC=C.CC.S.c1ccc(-c2cccc(-c3cccc(-c4ccc5sc6c(-c7ccc8c(c7)c7cc(-c9ccccc9)ccc7n8-c7ccccc7)cccc6c5c4)c3)c2)cc1. The molecule has 0 radical (unpaired) electrons. The monoisotopic (exact) mass is 903 g/mol. The molecule has 0 aliphatic rings. The lowest BCUT2D eigenvalue weighted by Crippen LogP contribution is -1.93. The number of fused-ring (bicyclic) bond motifs is 6. The lowest BCUT2D eigenvalue weighted by atomic mass is 9.95. The van der Waals surface area contributed by atoms with Gasteiger partial charge in [0.25, 0.3) is 0 Å². The van der Waals surface area contributed by atoms with Crippen molar-refractivity contribution in [3.8, 4) is 61.3 Å². The number of nitrogens with zero attached hydrogens (tertiary/aromatic N) is 1. The number of hydrogen-bond acceptors (Lipinski definition) is 1. The third kappa shape index (κ3) is 10.2. The molecule has 330 valence electrons. The molecule has 0 unspecified atom stereocenters. The van der Waals surface area contributed by atoms with E-state index in [1.54, 1.807) is 12.2 Å². The topological polar surface area (TPSA) is 4.93 Å². The number of aromatic nitrogens is 1. The van der Waals surface area contributed by atoms with Crippen LogP contribution in [0.3, 0.4) is 0 Å². The Bertz CT molecular complexity index is 3420. The Morgan fingerprint density at radius 3 is 1.30 bits per heavy atom. The van der Waals surface area contributed by atoms with Crippen LogP contribution in [0.25, 0.3) is 103 Å². The van der Waals surface area contributed by atoms with Gasteiger partial charge in [-0.3, -0.25) is 0 Å². The normalized spacial score (nSPS) is 10.6. The van der Waals surface area contributed by atoms with E-state index in [-0.39, 0.29) is 13.5 Å². The number of hydrogen-bond donors (Lipinski definition) is 0. The van der Waals surface area contributed by atoms with Gasteiger partial charge in [-0.25, -0.2) is 0 Å². The molecule has 0 N–H and O–H groups in total. The first kappa shape index (κ1) is 47.5. The molecule has 11 rings (SSSR count). The van der Waals surface area contributed by atoms with Gasteiger partial charge in [-0.05, 0) is 130 Å². The Kier molecular flexibility index (Phi) is 16.1. The lowest BCUT2D eigenvalue weighted by Gasteiger charge is -2.09. The molecule has 0 bridgehead atoms. The number of benzene rings is 9. The minimum Gasteiger partial charge on any atom is -0.309 e. The molecule has 11 aromatic rings. The number of para-hydroxylation sites is 1. The highest BCUT2D eigenvalue weighted by Crippen LogP contribution is 2.44. The summed E-state index contributed by atoms with van der Waals surface area (Å²) >= 11 is 1.89. The van der Waals surface area contributed by atoms with Gasteiger partial charge in [-0.1, -0.05) is 203 Å². The van der Waals surface area contributed by atoms with Gasteiger partial charge in [0.1, 0.15) is 0 Å². The molecule has 0 aliphatic carbocycles. The number of allylic oxidation sites excluding steroid dienone is 4. The Morgan fingerprint density at radius 1 is 0.373 bits per heavy atom. The summed E-state index contributed by atoms with van der Waals surface area (Å²) in [4.78, 5) is 0. The van der Waals surface area contributed by atoms with Crippen LogP contribution >= 0.6 is 24.8 Å². The van der Waals surface area contributed by atoms with E-state index in [1.165, 1.54) is 103 Å². The molecule has 0 saturated heterocycles. The maximum absolute atomic E-state index is 3.36. The average molecular weight is 904 g/mol. The molecule has 0 fully saturated rings. The van der Waals surface area contributed by atoms with Crippen molar-refractivity contribution in [1.82, 2.24) is 4.57 Å². The van der Waals surface area contributed by atoms with E-state index in [0.717, 1.165) is 0 Å². The average Bonchev–Trinajstić information content (AvgIpc) is 3.95. The predicted molar refractivity (Wildman–Crippen MR) is 303 cm³/mol. The highest BCUT2D eigenvalue weighted by molar-refractivity contribution is 7.59. The molecule has 2 aromatic heterocycles. The summed E-state index contributed by atoms with van der Waals surface area (Å²) in [5.74, 6) is 0. The molecule has 67 heavy (non-hydrogen) atoms. The van der Waals surface area contributed by atoms with Crippen LogP contribution in [-0.2, 0) is 0 Å². The van der Waals surface area contributed by atoms with Crippen LogP contribution < -0.4 is 0 Å². The van der Waals surface area contributed by atoms with Crippen LogP contribution in [0.15, 0.2) is 250 Å². The van der Waals surface area contributed by atoms with E-state index >= 15 is 0 Å². The fourth-order valence-electron chi connectivity index (χ4n) is 8.45. The van der Waals surface area contributed by atoms with Crippen molar-refractivity contribution in [3.05, 3.63) is 250 Å². The van der Waals surface area contributed by atoms with E-state index in [4.69, 9.17) is 0 Å². The van der Waals surface area contributed by atoms with Crippen LogP contribution in [0.4, 0.5) is 0 Å². The zero-order chi connectivity index (χ0) is 45.8. The van der Waals surface area contributed by atoms with Gasteiger partial charge in [-0.2, -0.15) is 13.5 Å². The van der Waals surface area contributed by atoms with Crippen LogP contribution in [-0.4, -0.2) is 4.57 Å². The molecule has 0 aliphatic heterocycles. The van der Waals surface area contributed by atoms with Crippen LogP contribution in [0.5, 0.6) is 0 Å². The summed E-state index contributed by atoms with van der Waals surface area (Å²) in [6.45, 7) is 14.7. The summed E-state index contributed by atoms with van der Waals surface area (Å²) in [5.41, 5.74) is 15.9. The quantitative estimate of drug-likeness (QED) is 0.111. The van der Waals surface area contributed by atoms with Crippen LogP contribution in [0.1, 0.15) is 27.7 Å². The van der Waals surface area contributed by atoms with E-state index in [1.807, 2.05) is 51.2 Å². The van der Waals surface area contributed by atoms with Crippen LogP contribution in [0.2, 0.25) is 0 Å². The maximum atomic E-state index is 3.36. The molecule has 0 saturated carbocycles. The zero-order valence-corrected chi connectivity index (χ0v) is 40.6. The fourth-order valence-corrected chi connectivity index (χ4v) is 9.67. The zero-order valence-electron chi connectivity index (χ0n) is 38.8. The van der Waals surface area contributed by atoms with Crippen molar-refractivity contribution >= 4 is 66.8 Å². The van der Waals surface area contributed by atoms with Crippen molar-refractivity contribution in [2.75, 3.05) is 0 Å². The van der Waals surface area contributed by atoms with Crippen molar-refractivity contribution in [2.24, 2.45) is 0 Å². The number of rotatable bonds is 7. The molecule has 3 heteroatoms. The van der Waals surface area contributed by atoms with Gasteiger partial charge in [0, 0.05) is 36.6 Å². The van der Waals surface area contributed by atoms with Gasteiger partial charge < -0.3 is 4.57 Å². The Morgan fingerprint density at radius 2 is 0.776 bits per heavy atom. The molecule has 0 spiro atoms. The van der Waals surface area contributed by atoms with Crippen molar-refractivity contribution in [1.29, 1.82) is 0 Å². The molecule has 0 amide bonds. The summed E-state index contributed by atoms with van der Waals surface area (Å²) in [7, 11) is 0. The summed E-state index contributed by atoms with van der Waals surface area (Å²) in [5, 5.41) is 5.12. The Labute approximate surface area is 407 Å². The molecular weight excluding hydrogens is 847 g/mol. The van der Waals surface area contributed by atoms with E-state index in [0.29, 0.717) is 0 Å². The number of thiophene rings is 1. The van der Waals surface area contributed by atoms with Crippen LogP contribution in [0, 0.1) is 0 Å². The van der Waals surface area contributed by atoms with Crippen molar-refractivity contribution in [3.63, 3.8) is 0 Å². The third-order valence-electron chi connectivity index (χ3n) is 11.7. The van der Waals surface area contributed by atoms with E-state index in [9.17, 15) is 0 Å². The van der Waals surface area contributed by atoms with E-state index in [2.05, 4.69) is 230 Å². The molecule has 2 heterocycles. The first-order chi connectivity index (χ1) is 32.6.